The Hall–Kier alpha value is -3.82. The quantitative estimate of drug-likeness (QED) is 0.489. The lowest BCUT2D eigenvalue weighted by Crippen LogP contribution is -2.34. The van der Waals surface area contributed by atoms with Crippen molar-refractivity contribution in [1.82, 2.24) is 29.5 Å². The number of halogens is 2. The lowest BCUT2D eigenvalue weighted by atomic mass is 10.0. The number of pyridine rings is 1. The van der Waals surface area contributed by atoms with E-state index in [0.29, 0.717) is 24.5 Å². The maximum Gasteiger partial charge on any atom is 0.280 e. The molecule has 4 aromatic heterocycles. The van der Waals surface area contributed by atoms with Gasteiger partial charge in [-0.2, -0.15) is 4.52 Å². The van der Waals surface area contributed by atoms with Crippen LogP contribution in [0.2, 0.25) is 0 Å². The first-order chi connectivity index (χ1) is 15.4. The van der Waals surface area contributed by atoms with Crippen molar-refractivity contribution in [1.29, 1.82) is 0 Å². The van der Waals surface area contributed by atoms with Crippen LogP contribution in [0.25, 0.3) is 16.8 Å². The van der Waals surface area contributed by atoms with Crippen LogP contribution in [0.1, 0.15) is 34.5 Å². The molecular formula is C22H19F2N7O. The average Bonchev–Trinajstić information content (AvgIpc) is 2.81. The van der Waals surface area contributed by atoms with Gasteiger partial charge in [0.1, 0.15) is 12.0 Å². The summed E-state index contributed by atoms with van der Waals surface area (Å²) in [5, 5.41) is 4.50. The topological polar surface area (TPSA) is 89.2 Å². The molecule has 162 valence electrons. The number of hydrogen-bond donors (Lipinski definition) is 0. The van der Waals surface area contributed by atoms with Gasteiger partial charge in [-0.15, -0.1) is 5.10 Å². The number of alkyl halides is 2. The molecule has 0 aliphatic carbocycles. The molecule has 0 saturated carbocycles. The molecule has 8 nitrogen and oxygen atoms in total. The number of aryl methyl sites for hydroxylation is 1. The van der Waals surface area contributed by atoms with Crippen LogP contribution < -0.4 is 10.5 Å². The molecule has 0 spiro atoms. The van der Waals surface area contributed by atoms with Crippen molar-refractivity contribution in [2.45, 2.75) is 33.2 Å². The van der Waals surface area contributed by atoms with Crippen molar-refractivity contribution >= 4 is 11.5 Å². The van der Waals surface area contributed by atoms with Gasteiger partial charge in [-0.1, -0.05) is 0 Å². The molecule has 0 saturated heterocycles. The molecule has 10 heteroatoms. The molecule has 0 aromatic carbocycles. The van der Waals surface area contributed by atoms with E-state index >= 15 is 0 Å². The molecule has 1 aliphatic heterocycles. The summed E-state index contributed by atoms with van der Waals surface area (Å²) < 4.78 is 27.3. The molecular weight excluding hydrogens is 416 g/mol. The second-order valence-corrected chi connectivity index (χ2v) is 7.76. The summed E-state index contributed by atoms with van der Waals surface area (Å²) in [5.74, 6) is 0.628. The zero-order chi connectivity index (χ0) is 22.4. The highest BCUT2D eigenvalue weighted by Gasteiger charge is 2.24. The minimum Gasteiger partial charge on any atom is -0.350 e. The molecule has 1 aliphatic rings. The van der Waals surface area contributed by atoms with E-state index in [-0.39, 0.29) is 5.65 Å². The highest BCUT2D eigenvalue weighted by Crippen LogP contribution is 2.29. The normalized spacial score (nSPS) is 13.6. The Labute approximate surface area is 181 Å². The van der Waals surface area contributed by atoms with Gasteiger partial charge in [0.2, 0.25) is 0 Å². The third-order valence-corrected chi connectivity index (χ3v) is 5.80. The highest BCUT2D eigenvalue weighted by molar-refractivity contribution is 5.63. The van der Waals surface area contributed by atoms with Crippen LogP contribution in [0, 0.1) is 13.8 Å². The van der Waals surface area contributed by atoms with Gasteiger partial charge in [-0.25, -0.2) is 23.7 Å². The van der Waals surface area contributed by atoms with Gasteiger partial charge in [0.15, 0.2) is 11.5 Å². The molecule has 0 atom stereocenters. The summed E-state index contributed by atoms with van der Waals surface area (Å²) in [6.07, 6.45) is 4.68. The predicted molar refractivity (Wildman–Crippen MR) is 114 cm³/mol. The molecule has 0 amide bonds. The Morgan fingerprint density at radius 1 is 1.03 bits per heavy atom. The van der Waals surface area contributed by atoms with Crippen molar-refractivity contribution in [2.75, 3.05) is 11.4 Å². The highest BCUT2D eigenvalue weighted by atomic mass is 19.3. The van der Waals surface area contributed by atoms with Gasteiger partial charge in [0, 0.05) is 72.1 Å². The van der Waals surface area contributed by atoms with E-state index in [1.54, 1.807) is 19.3 Å². The number of nitrogens with zero attached hydrogens (tertiary/aromatic N) is 7. The summed E-state index contributed by atoms with van der Waals surface area (Å²) in [6.45, 7) is 4.86. The largest absolute Gasteiger partial charge is 0.350 e. The third-order valence-electron chi connectivity index (χ3n) is 5.80. The minimum atomic E-state index is -2.82. The van der Waals surface area contributed by atoms with Crippen LogP contribution >= 0.6 is 0 Å². The van der Waals surface area contributed by atoms with E-state index in [0.717, 1.165) is 45.0 Å². The van der Waals surface area contributed by atoms with E-state index < -0.39 is 17.7 Å². The van der Waals surface area contributed by atoms with Crippen molar-refractivity contribution in [3.8, 4) is 11.1 Å². The van der Waals surface area contributed by atoms with E-state index in [1.165, 1.54) is 6.33 Å². The van der Waals surface area contributed by atoms with Gasteiger partial charge in [-0.05, 0) is 25.5 Å². The lowest BCUT2D eigenvalue weighted by Gasteiger charge is -2.31. The second-order valence-electron chi connectivity index (χ2n) is 7.76. The van der Waals surface area contributed by atoms with Gasteiger partial charge in [0.05, 0.1) is 0 Å². The van der Waals surface area contributed by atoms with Crippen LogP contribution in [-0.2, 0) is 13.0 Å². The molecule has 0 N–H and O–H groups in total. The number of anilines is 1. The first-order valence-electron chi connectivity index (χ1n) is 10.1. The van der Waals surface area contributed by atoms with E-state index in [2.05, 4.69) is 36.0 Å². The smallest absolute Gasteiger partial charge is 0.280 e. The van der Waals surface area contributed by atoms with E-state index in [4.69, 9.17) is 0 Å². The Kier molecular flexibility index (Phi) is 4.84. The van der Waals surface area contributed by atoms with Gasteiger partial charge < -0.3 is 4.90 Å². The number of rotatable bonds is 3. The van der Waals surface area contributed by atoms with Gasteiger partial charge >= 0.3 is 0 Å². The molecule has 32 heavy (non-hydrogen) atoms. The Bertz CT molecular complexity index is 1390. The van der Waals surface area contributed by atoms with Crippen LogP contribution in [0.3, 0.4) is 0 Å². The van der Waals surface area contributed by atoms with Crippen molar-refractivity contribution < 1.29 is 8.78 Å². The molecule has 0 unspecified atom stereocenters. The van der Waals surface area contributed by atoms with Gasteiger partial charge in [-0.3, -0.25) is 9.78 Å². The molecule has 0 bridgehead atoms. The second kappa shape index (κ2) is 7.70. The summed E-state index contributed by atoms with van der Waals surface area (Å²) >= 11 is 0. The number of hydrogen-bond acceptors (Lipinski definition) is 7. The Morgan fingerprint density at radius 2 is 1.81 bits per heavy atom. The summed E-state index contributed by atoms with van der Waals surface area (Å²) in [5.41, 5.74) is 4.30. The fourth-order valence-corrected chi connectivity index (χ4v) is 3.96. The average molecular weight is 435 g/mol. The van der Waals surface area contributed by atoms with E-state index in [9.17, 15) is 13.6 Å². The minimum absolute atomic E-state index is 0.152. The maximum atomic E-state index is 13.1. The van der Waals surface area contributed by atoms with Crippen LogP contribution in [-0.4, -0.2) is 36.1 Å². The molecule has 0 fully saturated rings. The Morgan fingerprint density at radius 3 is 2.56 bits per heavy atom. The number of fused-ring (bicyclic) bond motifs is 2. The summed E-state index contributed by atoms with van der Waals surface area (Å²) in [7, 11) is 0. The van der Waals surface area contributed by atoms with Crippen LogP contribution in [0.4, 0.5) is 14.6 Å². The van der Waals surface area contributed by atoms with Crippen molar-refractivity contribution in [2.24, 2.45) is 0 Å². The predicted octanol–water partition coefficient (Wildman–Crippen LogP) is 3.06. The first kappa shape index (κ1) is 20.1. The fourth-order valence-electron chi connectivity index (χ4n) is 3.96. The third kappa shape index (κ3) is 3.37. The van der Waals surface area contributed by atoms with E-state index in [1.807, 2.05) is 13.1 Å². The summed E-state index contributed by atoms with van der Waals surface area (Å²) in [6, 6.07) is 2.91. The van der Waals surface area contributed by atoms with Gasteiger partial charge in [0.25, 0.3) is 12.0 Å². The standard InChI is InChI=1S/C22H19F2N7O/c1-12-13(2)22(29-31-19(32)6-18(20(23)24)28-21(12)31)30-4-3-17-15(10-30)5-14(9-27-17)16-7-25-11-26-8-16/h5-9,11,20H,3-4,10H2,1-2H3. The zero-order valence-electron chi connectivity index (χ0n) is 17.5. The molecule has 4 aromatic rings. The first-order valence-corrected chi connectivity index (χ1v) is 10.1. The SMILES string of the molecule is Cc1c(N2CCc3ncc(-c4cncnc4)cc3C2)nn2c(=O)cc(C(F)F)nc2c1C. The number of aromatic nitrogens is 6. The lowest BCUT2D eigenvalue weighted by molar-refractivity contribution is 0.146. The molecule has 5 heterocycles. The fraction of sp³-hybridized carbons (Fsp3) is 0.273. The monoisotopic (exact) mass is 435 g/mol. The van der Waals surface area contributed by atoms with Crippen molar-refractivity contribution in [3.05, 3.63) is 75.5 Å². The van der Waals surface area contributed by atoms with Crippen molar-refractivity contribution in [3.63, 3.8) is 0 Å². The maximum absolute atomic E-state index is 13.1. The summed E-state index contributed by atoms with van der Waals surface area (Å²) in [4.78, 5) is 31.3. The zero-order valence-corrected chi connectivity index (χ0v) is 17.5. The van der Waals surface area contributed by atoms with Crippen LogP contribution in [0.15, 0.2) is 41.8 Å². The molecule has 5 rings (SSSR count). The Balaban J connectivity index is 1.56. The molecule has 0 radical (unpaired) electrons. The van der Waals surface area contributed by atoms with Crippen LogP contribution in [0.5, 0.6) is 0 Å².